The lowest BCUT2D eigenvalue weighted by molar-refractivity contribution is 0.609. The van der Waals surface area contributed by atoms with E-state index in [0.29, 0.717) is 18.5 Å². The molecule has 1 aromatic rings. The smallest absolute Gasteiger partial charge is 0.126 e. The van der Waals surface area contributed by atoms with Crippen LogP contribution in [-0.2, 0) is 6.42 Å². The summed E-state index contributed by atoms with van der Waals surface area (Å²) in [5.41, 5.74) is 5.96. The molecule has 0 aliphatic carbocycles. The first-order valence-electron chi connectivity index (χ1n) is 3.28. The van der Waals surface area contributed by atoms with Gasteiger partial charge in [-0.1, -0.05) is 18.2 Å². The van der Waals surface area contributed by atoms with E-state index < -0.39 is 0 Å². The molecule has 2 N–H and O–H groups in total. The summed E-state index contributed by atoms with van der Waals surface area (Å²) in [5, 5.41) is 0. The van der Waals surface area contributed by atoms with Crippen molar-refractivity contribution in [2.24, 2.45) is 5.73 Å². The minimum atomic E-state index is -0.159. The molecule has 0 atom stereocenters. The first kappa shape index (κ1) is 10.6. The van der Waals surface area contributed by atoms with Crippen molar-refractivity contribution in [1.82, 2.24) is 0 Å². The van der Waals surface area contributed by atoms with E-state index in [1.807, 2.05) is 6.07 Å². The summed E-state index contributed by atoms with van der Waals surface area (Å²) >= 11 is 0. The molecule has 0 heterocycles. The van der Waals surface area contributed by atoms with Gasteiger partial charge in [0.05, 0.1) is 0 Å². The van der Waals surface area contributed by atoms with E-state index >= 15 is 0 Å². The Labute approximate surface area is 76.2 Å². The fraction of sp³-hybridized carbons (Fsp3) is 0.250. The summed E-state index contributed by atoms with van der Waals surface area (Å²) in [4.78, 5) is 0. The second-order valence-corrected chi connectivity index (χ2v) is 2.13. The van der Waals surface area contributed by atoms with Crippen molar-refractivity contribution in [3.63, 3.8) is 0 Å². The van der Waals surface area contributed by atoms with Crippen LogP contribution < -0.4 is 5.73 Å². The van der Waals surface area contributed by atoms with Crippen LogP contribution in [0.1, 0.15) is 5.56 Å². The Balaban J connectivity index is 0.000001000. The van der Waals surface area contributed by atoms with Crippen LogP contribution >= 0.6 is 17.0 Å². The van der Waals surface area contributed by atoms with Crippen molar-refractivity contribution in [2.45, 2.75) is 6.42 Å². The van der Waals surface area contributed by atoms with E-state index in [1.165, 1.54) is 6.07 Å². The van der Waals surface area contributed by atoms with E-state index in [4.69, 9.17) is 5.73 Å². The minimum Gasteiger partial charge on any atom is -0.330 e. The first-order valence-corrected chi connectivity index (χ1v) is 3.28. The van der Waals surface area contributed by atoms with Crippen LogP contribution in [0.2, 0.25) is 0 Å². The van der Waals surface area contributed by atoms with Crippen molar-refractivity contribution in [1.29, 1.82) is 0 Å². The van der Waals surface area contributed by atoms with Crippen molar-refractivity contribution in [2.75, 3.05) is 6.54 Å². The first-order chi connectivity index (χ1) is 4.84. The molecule has 0 saturated carbocycles. The minimum absolute atomic E-state index is 0. The van der Waals surface area contributed by atoms with Crippen molar-refractivity contribution < 1.29 is 4.39 Å². The number of hydrogen-bond acceptors (Lipinski definition) is 1. The quantitative estimate of drug-likeness (QED) is 0.809. The SMILES string of the molecule is Br.NCCc1ccccc1F. The van der Waals surface area contributed by atoms with Crippen LogP contribution in [0, 0.1) is 5.82 Å². The van der Waals surface area contributed by atoms with Gasteiger partial charge in [-0.3, -0.25) is 0 Å². The maximum Gasteiger partial charge on any atom is 0.126 e. The summed E-state index contributed by atoms with van der Waals surface area (Å²) in [6.07, 6.45) is 0.618. The lowest BCUT2D eigenvalue weighted by atomic mass is 10.1. The Bertz CT molecular complexity index is 215. The maximum atomic E-state index is 12.7. The highest BCUT2D eigenvalue weighted by Crippen LogP contribution is 2.05. The standard InChI is InChI=1S/C8H10FN.BrH/c9-8-4-2-1-3-7(8)5-6-10;/h1-4H,5-6,10H2;1H. The second-order valence-electron chi connectivity index (χ2n) is 2.13. The van der Waals surface area contributed by atoms with E-state index in [1.54, 1.807) is 12.1 Å². The fourth-order valence-electron chi connectivity index (χ4n) is 0.857. The molecule has 62 valence electrons. The zero-order valence-corrected chi connectivity index (χ0v) is 7.80. The van der Waals surface area contributed by atoms with E-state index in [-0.39, 0.29) is 22.8 Å². The van der Waals surface area contributed by atoms with Gasteiger partial charge in [0.15, 0.2) is 0 Å². The summed E-state index contributed by atoms with van der Waals surface area (Å²) < 4.78 is 12.7. The second kappa shape index (κ2) is 5.27. The molecule has 0 aliphatic heterocycles. The van der Waals surface area contributed by atoms with E-state index in [9.17, 15) is 4.39 Å². The zero-order chi connectivity index (χ0) is 7.40. The van der Waals surface area contributed by atoms with Crippen LogP contribution in [0.4, 0.5) is 4.39 Å². The average molecular weight is 220 g/mol. The molecular formula is C8H11BrFN. The van der Waals surface area contributed by atoms with E-state index in [2.05, 4.69) is 0 Å². The summed E-state index contributed by atoms with van der Waals surface area (Å²) in [6, 6.07) is 6.69. The lowest BCUT2D eigenvalue weighted by Crippen LogP contribution is -2.03. The van der Waals surface area contributed by atoms with Crippen LogP contribution in [0.5, 0.6) is 0 Å². The van der Waals surface area contributed by atoms with Gasteiger partial charge in [0, 0.05) is 0 Å². The van der Waals surface area contributed by atoms with Gasteiger partial charge in [0.25, 0.3) is 0 Å². The molecule has 1 rings (SSSR count). The molecule has 11 heavy (non-hydrogen) atoms. The predicted octanol–water partition coefficient (Wildman–Crippen LogP) is 1.90. The van der Waals surface area contributed by atoms with Crippen LogP contribution in [0.3, 0.4) is 0 Å². The molecule has 3 heteroatoms. The lowest BCUT2D eigenvalue weighted by Gasteiger charge is -1.97. The molecule has 0 unspecified atom stereocenters. The van der Waals surface area contributed by atoms with E-state index in [0.717, 1.165) is 0 Å². The number of benzene rings is 1. The normalized spacial score (nSPS) is 8.91. The monoisotopic (exact) mass is 219 g/mol. The van der Waals surface area contributed by atoms with Crippen molar-refractivity contribution in [3.8, 4) is 0 Å². The number of rotatable bonds is 2. The Hall–Kier alpha value is -0.410. The Morgan fingerprint density at radius 1 is 1.27 bits per heavy atom. The molecule has 0 fully saturated rings. The summed E-state index contributed by atoms with van der Waals surface area (Å²) in [5.74, 6) is -0.159. The highest BCUT2D eigenvalue weighted by molar-refractivity contribution is 8.93. The molecule has 0 saturated heterocycles. The Morgan fingerprint density at radius 3 is 2.45 bits per heavy atom. The molecule has 0 aromatic heterocycles. The van der Waals surface area contributed by atoms with Gasteiger partial charge in [-0.25, -0.2) is 4.39 Å². The topological polar surface area (TPSA) is 26.0 Å². The third-order valence-electron chi connectivity index (χ3n) is 1.37. The van der Waals surface area contributed by atoms with Gasteiger partial charge in [-0.2, -0.15) is 0 Å². The van der Waals surface area contributed by atoms with Crippen LogP contribution in [-0.4, -0.2) is 6.54 Å². The average Bonchev–Trinajstić information content (AvgIpc) is 1.94. The van der Waals surface area contributed by atoms with Crippen LogP contribution in [0.25, 0.3) is 0 Å². The predicted molar refractivity (Wildman–Crippen MR) is 49.5 cm³/mol. The van der Waals surface area contributed by atoms with Gasteiger partial charge in [-0.15, -0.1) is 17.0 Å². The molecule has 0 aliphatic rings. The third kappa shape index (κ3) is 2.99. The van der Waals surface area contributed by atoms with Gasteiger partial charge >= 0.3 is 0 Å². The molecule has 0 amide bonds. The third-order valence-corrected chi connectivity index (χ3v) is 1.37. The zero-order valence-electron chi connectivity index (χ0n) is 6.09. The fourth-order valence-corrected chi connectivity index (χ4v) is 0.857. The van der Waals surface area contributed by atoms with Gasteiger partial charge in [0.2, 0.25) is 0 Å². The molecule has 1 aromatic carbocycles. The largest absolute Gasteiger partial charge is 0.330 e. The maximum absolute atomic E-state index is 12.7. The van der Waals surface area contributed by atoms with Crippen molar-refractivity contribution in [3.05, 3.63) is 35.6 Å². The molecule has 0 bridgehead atoms. The highest BCUT2D eigenvalue weighted by Gasteiger charge is 1.96. The molecular weight excluding hydrogens is 209 g/mol. The Kier molecular flexibility index (Phi) is 5.07. The molecule has 0 spiro atoms. The Morgan fingerprint density at radius 2 is 1.91 bits per heavy atom. The van der Waals surface area contributed by atoms with Crippen molar-refractivity contribution >= 4 is 17.0 Å². The van der Waals surface area contributed by atoms with Gasteiger partial charge in [-0.05, 0) is 24.6 Å². The highest BCUT2D eigenvalue weighted by atomic mass is 79.9. The van der Waals surface area contributed by atoms with Gasteiger partial charge < -0.3 is 5.73 Å². The number of hydrogen-bond donors (Lipinski definition) is 1. The summed E-state index contributed by atoms with van der Waals surface area (Å²) in [6.45, 7) is 0.501. The number of nitrogens with two attached hydrogens (primary N) is 1. The van der Waals surface area contributed by atoms with Gasteiger partial charge in [0.1, 0.15) is 5.82 Å². The molecule has 1 nitrogen and oxygen atoms in total. The molecule has 0 radical (unpaired) electrons. The summed E-state index contributed by atoms with van der Waals surface area (Å²) in [7, 11) is 0. The van der Waals surface area contributed by atoms with Crippen LogP contribution in [0.15, 0.2) is 24.3 Å². The number of halogens is 2.